The van der Waals surface area contributed by atoms with Gasteiger partial charge < -0.3 is 9.80 Å². The van der Waals surface area contributed by atoms with Crippen LogP contribution in [0.15, 0.2) is 43.1 Å². The van der Waals surface area contributed by atoms with Gasteiger partial charge in [-0.1, -0.05) is 0 Å². The molecular weight excluding hydrogens is 295 g/mol. The van der Waals surface area contributed by atoms with Crippen LogP contribution in [0.2, 0.25) is 0 Å². The predicted octanol–water partition coefficient (Wildman–Crippen LogP) is 1.89. The Morgan fingerprint density at radius 1 is 0.870 bits per heavy atom. The molecule has 1 fully saturated rings. The second-order valence-corrected chi connectivity index (χ2v) is 5.44. The Morgan fingerprint density at radius 3 is 2.39 bits per heavy atom. The maximum Gasteiger partial charge on any atom is 0.225 e. The number of fused-ring (bicyclic) bond motifs is 1. The number of nitrogens with zero attached hydrogens (tertiary/aromatic N) is 6. The second-order valence-electron chi connectivity index (χ2n) is 5.44. The van der Waals surface area contributed by atoms with Gasteiger partial charge in [0.1, 0.15) is 6.33 Å². The number of benzene rings is 1. The lowest BCUT2D eigenvalue weighted by atomic mass is 10.2. The SMILES string of the molecule is Fc1cnc(N2CCN(c3ccc4ncncc4c3)CC2)nc1. The summed E-state index contributed by atoms with van der Waals surface area (Å²) in [5.74, 6) is 0.170. The van der Waals surface area contributed by atoms with Crippen LogP contribution in [0.4, 0.5) is 16.0 Å². The molecule has 0 radical (unpaired) electrons. The Bertz CT molecular complexity index is 814. The molecule has 0 N–H and O–H groups in total. The number of anilines is 2. The lowest BCUT2D eigenvalue weighted by molar-refractivity contribution is 0.602. The average Bonchev–Trinajstić information content (AvgIpc) is 2.62. The maximum absolute atomic E-state index is 12.9. The summed E-state index contributed by atoms with van der Waals surface area (Å²) in [7, 11) is 0. The van der Waals surface area contributed by atoms with E-state index in [-0.39, 0.29) is 0 Å². The second kappa shape index (κ2) is 5.75. The molecular formula is C16H15FN6. The summed E-state index contributed by atoms with van der Waals surface area (Å²) in [4.78, 5) is 20.8. The van der Waals surface area contributed by atoms with E-state index in [0.29, 0.717) is 5.95 Å². The fraction of sp³-hybridized carbons (Fsp3) is 0.250. The Labute approximate surface area is 132 Å². The number of piperazine rings is 1. The van der Waals surface area contributed by atoms with Gasteiger partial charge in [-0.25, -0.2) is 24.3 Å². The Kier molecular flexibility index (Phi) is 3.45. The third-order valence-electron chi connectivity index (χ3n) is 4.02. The molecule has 0 saturated carbocycles. The number of rotatable bonds is 2. The molecule has 1 saturated heterocycles. The molecule has 1 aromatic carbocycles. The molecule has 23 heavy (non-hydrogen) atoms. The van der Waals surface area contributed by atoms with Crippen LogP contribution in [0.25, 0.3) is 10.9 Å². The van der Waals surface area contributed by atoms with Gasteiger partial charge in [-0.2, -0.15) is 0 Å². The molecule has 0 aliphatic carbocycles. The van der Waals surface area contributed by atoms with Crippen LogP contribution < -0.4 is 9.80 Å². The Balaban J connectivity index is 1.49. The molecule has 2 aromatic heterocycles. The van der Waals surface area contributed by atoms with Crippen molar-refractivity contribution < 1.29 is 4.39 Å². The van der Waals surface area contributed by atoms with Crippen LogP contribution in [0.5, 0.6) is 0 Å². The van der Waals surface area contributed by atoms with Crippen molar-refractivity contribution in [1.29, 1.82) is 0 Å². The highest BCUT2D eigenvalue weighted by molar-refractivity contribution is 5.81. The van der Waals surface area contributed by atoms with Crippen molar-refractivity contribution >= 4 is 22.5 Å². The van der Waals surface area contributed by atoms with Crippen LogP contribution in [0.1, 0.15) is 0 Å². The minimum Gasteiger partial charge on any atom is -0.368 e. The molecule has 3 aromatic rings. The van der Waals surface area contributed by atoms with E-state index in [0.717, 1.165) is 42.8 Å². The molecule has 0 atom stereocenters. The van der Waals surface area contributed by atoms with Gasteiger partial charge in [0.25, 0.3) is 0 Å². The molecule has 0 bridgehead atoms. The number of hydrogen-bond acceptors (Lipinski definition) is 6. The average molecular weight is 310 g/mol. The monoisotopic (exact) mass is 310 g/mol. The smallest absolute Gasteiger partial charge is 0.225 e. The van der Waals surface area contributed by atoms with Crippen LogP contribution in [-0.4, -0.2) is 46.1 Å². The molecule has 116 valence electrons. The zero-order valence-corrected chi connectivity index (χ0v) is 12.4. The van der Waals surface area contributed by atoms with Crippen molar-refractivity contribution in [3.8, 4) is 0 Å². The minimum absolute atomic E-state index is 0.411. The fourth-order valence-electron chi connectivity index (χ4n) is 2.80. The van der Waals surface area contributed by atoms with Crippen molar-refractivity contribution in [3.63, 3.8) is 0 Å². The first-order valence-corrected chi connectivity index (χ1v) is 7.47. The summed E-state index contributed by atoms with van der Waals surface area (Å²) in [5.41, 5.74) is 2.11. The highest BCUT2D eigenvalue weighted by atomic mass is 19.1. The van der Waals surface area contributed by atoms with E-state index in [4.69, 9.17) is 0 Å². The minimum atomic E-state index is -0.411. The van der Waals surface area contributed by atoms with Gasteiger partial charge >= 0.3 is 0 Å². The largest absolute Gasteiger partial charge is 0.368 e. The number of hydrogen-bond donors (Lipinski definition) is 0. The first-order chi connectivity index (χ1) is 11.3. The summed E-state index contributed by atoms with van der Waals surface area (Å²) in [6, 6.07) is 6.21. The number of aromatic nitrogens is 4. The summed E-state index contributed by atoms with van der Waals surface area (Å²) in [6.07, 6.45) is 5.80. The first kappa shape index (κ1) is 13.8. The van der Waals surface area contributed by atoms with Gasteiger partial charge in [-0.3, -0.25) is 0 Å². The first-order valence-electron chi connectivity index (χ1n) is 7.47. The molecule has 6 nitrogen and oxygen atoms in total. The quantitative estimate of drug-likeness (QED) is 0.720. The highest BCUT2D eigenvalue weighted by Crippen LogP contribution is 2.22. The summed E-state index contributed by atoms with van der Waals surface area (Å²) >= 11 is 0. The van der Waals surface area contributed by atoms with Gasteiger partial charge in [0, 0.05) is 43.4 Å². The zero-order valence-electron chi connectivity index (χ0n) is 12.4. The molecule has 1 aliphatic heterocycles. The summed E-state index contributed by atoms with van der Waals surface area (Å²) in [6.45, 7) is 3.32. The van der Waals surface area contributed by atoms with Crippen LogP contribution in [0, 0.1) is 5.82 Å². The Hall–Kier alpha value is -2.83. The molecule has 0 amide bonds. The molecule has 0 spiro atoms. The lowest BCUT2D eigenvalue weighted by Crippen LogP contribution is -2.47. The lowest BCUT2D eigenvalue weighted by Gasteiger charge is -2.36. The van der Waals surface area contributed by atoms with Crippen molar-refractivity contribution in [2.24, 2.45) is 0 Å². The van der Waals surface area contributed by atoms with Crippen molar-refractivity contribution in [1.82, 2.24) is 19.9 Å². The maximum atomic E-state index is 12.9. The van der Waals surface area contributed by atoms with E-state index < -0.39 is 5.82 Å². The molecule has 3 heterocycles. The summed E-state index contributed by atoms with van der Waals surface area (Å²) < 4.78 is 12.9. The normalized spacial score (nSPS) is 15.2. The van der Waals surface area contributed by atoms with Crippen LogP contribution in [-0.2, 0) is 0 Å². The van der Waals surface area contributed by atoms with E-state index >= 15 is 0 Å². The third kappa shape index (κ3) is 2.77. The Morgan fingerprint density at radius 2 is 1.61 bits per heavy atom. The topological polar surface area (TPSA) is 58.0 Å². The fourth-order valence-corrected chi connectivity index (χ4v) is 2.80. The summed E-state index contributed by atoms with van der Waals surface area (Å²) in [5, 5.41) is 1.04. The van der Waals surface area contributed by atoms with Crippen LogP contribution in [0.3, 0.4) is 0 Å². The van der Waals surface area contributed by atoms with E-state index in [1.165, 1.54) is 12.4 Å². The van der Waals surface area contributed by atoms with E-state index in [9.17, 15) is 4.39 Å². The van der Waals surface area contributed by atoms with Crippen LogP contribution >= 0.6 is 0 Å². The van der Waals surface area contributed by atoms with Crippen molar-refractivity contribution in [2.75, 3.05) is 36.0 Å². The van der Waals surface area contributed by atoms with E-state index in [2.05, 4.69) is 41.9 Å². The van der Waals surface area contributed by atoms with E-state index in [1.54, 1.807) is 6.33 Å². The van der Waals surface area contributed by atoms with Gasteiger partial charge in [0.2, 0.25) is 5.95 Å². The van der Waals surface area contributed by atoms with Gasteiger partial charge in [-0.15, -0.1) is 0 Å². The van der Waals surface area contributed by atoms with Crippen molar-refractivity contribution in [3.05, 3.63) is 48.9 Å². The number of halogens is 1. The zero-order chi connectivity index (χ0) is 15.6. The molecule has 4 rings (SSSR count). The highest BCUT2D eigenvalue weighted by Gasteiger charge is 2.19. The predicted molar refractivity (Wildman–Crippen MR) is 86.0 cm³/mol. The third-order valence-corrected chi connectivity index (χ3v) is 4.02. The molecule has 1 aliphatic rings. The standard InChI is InChI=1S/C16H15FN6/c17-13-9-19-16(20-10-13)23-5-3-22(4-6-23)14-1-2-15-12(7-14)8-18-11-21-15/h1-2,7-11H,3-6H2. The molecule has 7 heteroatoms. The van der Waals surface area contributed by atoms with Gasteiger partial charge in [0.15, 0.2) is 5.82 Å². The van der Waals surface area contributed by atoms with Gasteiger partial charge in [0.05, 0.1) is 17.9 Å². The van der Waals surface area contributed by atoms with Crippen molar-refractivity contribution in [2.45, 2.75) is 0 Å². The van der Waals surface area contributed by atoms with E-state index in [1.807, 2.05) is 12.3 Å². The molecule has 0 unspecified atom stereocenters. The van der Waals surface area contributed by atoms with Gasteiger partial charge in [-0.05, 0) is 18.2 Å².